The molecule has 0 heterocycles. The van der Waals surface area contributed by atoms with E-state index in [4.69, 9.17) is 4.74 Å². The van der Waals surface area contributed by atoms with Crippen molar-refractivity contribution in [3.05, 3.63) is 27.3 Å². The van der Waals surface area contributed by atoms with E-state index in [0.29, 0.717) is 5.75 Å². The quantitative estimate of drug-likeness (QED) is 0.364. The minimum absolute atomic E-state index is 0.133. The van der Waals surface area contributed by atoms with Crippen LogP contribution in [0.3, 0.4) is 0 Å². The molecule has 0 spiro atoms. The van der Waals surface area contributed by atoms with Gasteiger partial charge in [0.05, 0.1) is 16.9 Å². The molecule has 0 atom stereocenters. The molecule has 0 saturated heterocycles. The zero-order valence-corrected chi connectivity index (χ0v) is 12.6. The second-order valence-corrected chi connectivity index (χ2v) is 4.64. The summed E-state index contributed by atoms with van der Waals surface area (Å²) in [6, 6.07) is 5.30. The maximum atomic E-state index is 11.0. The topological polar surface area (TPSA) is 77.0 Å². The van der Waals surface area contributed by atoms with Gasteiger partial charge < -0.3 is 9.47 Å². The maximum Gasteiger partial charge on any atom is 0.343 e. The summed E-state index contributed by atoms with van der Waals surface area (Å²) in [6.45, 7) is 1.25. The first-order valence-corrected chi connectivity index (χ1v) is 6.39. The monoisotopic (exact) mass is 376 g/mol. The number of esters is 1. The number of methoxy groups -OCH3 is 1. The number of hydrogen-bond acceptors (Lipinski definition) is 5. The standard InChI is InChI=1S/C12H13IN2O4/c1-8(16)15-14-6-9-3-4-11(10(13)5-9)19-7-12(17)18-2/h3-6H,7H2,1-2H3,(H,15,16)/b14-6-. The number of hydrazone groups is 1. The van der Waals surface area contributed by atoms with Crippen molar-refractivity contribution in [3.63, 3.8) is 0 Å². The Morgan fingerprint density at radius 2 is 2.21 bits per heavy atom. The van der Waals surface area contributed by atoms with Crippen molar-refractivity contribution >= 4 is 40.7 Å². The fourth-order valence-electron chi connectivity index (χ4n) is 1.11. The molecule has 0 fully saturated rings. The van der Waals surface area contributed by atoms with E-state index in [1.54, 1.807) is 12.1 Å². The highest BCUT2D eigenvalue weighted by atomic mass is 127. The number of halogens is 1. The lowest BCUT2D eigenvalue weighted by molar-refractivity contribution is -0.142. The van der Waals surface area contributed by atoms with Gasteiger partial charge in [-0.25, -0.2) is 10.2 Å². The summed E-state index contributed by atoms with van der Waals surface area (Å²) in [7, 11) is 1.30. The molecule has 0 unspecified atom stereocenters. The smallest absolute Gasteiger partial charge is 0.343 e. The van der Waals surface area contributed by atoms with Crippen LogP contribution >= 0.6 is 22.6 Å². The van der Waals surface area contributed by atoms with E-state index >= 15 is 0 Å². The van der Waals surface area contributed by atoms with Gasteiger partial charge in [-0.2, -0.15) is 5.10 Å². The third kappa shape index (κ3) is 5.69. The largest absolute Gasteiger partial charge is 0.481 e. The highest BCUT2D eigenvalue weighted by Crippen LogP contribution is 2.21. The van der Waals surface area contributed by atoms with Crippen molar-refractivity contribution in [2.45, 2.75) is 6.92 Å². The number of carbonyl (C=O) groups excluding carboxylic acids is 2. The highest BCUT2D eigenvalue weighted by molar-refractivity contribution is 14.1. The van der Waals surface area contributed by atoms with Crippen molar-refractivity contribution < 1.29 is 19.1 Å². The van der Waals surface area contributed by atoms with Gasteiger partial charge in [-0.05, 0) is 46.4 Å². The molecule has 1 rings (SSSR count). The lowest BCUT2D eigenvalue weighted by Gasteiger charge is -2.07. The lowest BCUT2D eigenvalue weighted by Crippen LogP contribution is -2.13. The van der Waals surface area contributed by atoms with E-state index in [0.717, 1.165) is 9.13 Å². The van der Waals surface area contributed by atoms with E-state index in [-0.39, 0.29) is 12.5 Å². The average molecular weight is 376 g/mol. The second kappa shape index (κ2) is 7.72. The summed E-state index contributed by atoms with van der Waals surface area (Å²) >= 11 is 2.08. The molecule has 1 aromatic rings. The zero-order chi connectivity index (χ0) is 14.3. The Kier molecular flexibility index (Phi) is 6.26. The van der Waals surface area contributed by atoms with Crippen molar-refractivity contribution in [3.8, 4) is 5.75 Å². The molecule has 0 aromatic heterocycles. The van der Waals surface area contributed by atoms with Gasteiger partial charge in [0.2, 0.25) is 5.91 Å². The Bertz CT molecular complexity index is 503. The number of rotatable bonds is 5. The minimum atomic E-state index is -0.438. The summed E-state index contributed by atoms with van der Waals surface area (Å²) in [5.74, 6) is -0.0845. The van der Waals surface area contributed by atoms with E-state index < -0.39 is 5.97 Å². The average Bonchev–Trinajstić information content (AvgIpc) is 2.37. The van der Waals surface area contributed by atoms with Crippen LogP contribution in [0.2, 0.25) is 0 Å². The number of carbonyl (C=O) groups is 2. The molecular weight excluding hydrogens is 363 g/mol. The van der Waals surface area contributed by atoms with Gasteiger partial charge in [0, 0.05) is 6.92 Å². The van der Waals surface area contributed by atoms with Crippen LogP contribution in [0.5, 0.6) is 5.75 Å². The van der Waals surface area contributed by atoms with Crippen molar-refractivity contribution in [1.29, 1.82) is 0 Å². The van der Waals surface area contributed by atoms with E-state index in [2.05, 4.69) is 37.9 Å². The molecule has 0 aliphatic carbocycles. The number of benzene rings is 1. The first-order valence-electron chi connectivity index (χ1n) is 5.31. The zero-order valence-electron chi connectivity index (χ0n) is 10.5. The van der Waals surface area contributed by atoms with Crippen LogP contribution < -0.4 is 10.2 Å². The number of ether oxygens (including phenoxy) is 2. The minimum Gasteiger partial charge on any atom is -0.481 e. The second-order valence-electron chi connectivity index (χ2n) is 3.48. The molecular formula is C12H13IN2O4. The summed E-state index contributed by atoms with van der Waals surface area (Å²) in [4.78, 5) is 21.6. The molecule has 6 nitrogen and oxygen atoms in total. The molecule has 1 aromatic carbocycles. The van der Waals surface area contributed by atoms with Crippen molar-refractivity contribution in [2.24, 2.45) is 5.10 Å². The molecule has 7 heteroatoms. The van der Waals surface area contributed by atoms with Gasteiger partial charge in [0.1, 0.15) is 5.75 Å². The van der Waals surface area contributed by atoms with E-state index in [1.165, 1.54) is 20.2 Å². The Morgan fingerprint density at radius 1 is 1.47 bits per heavy atom. The third-order valence-electron chi connectivity index (χ3n) is 1.96. The molecule has 0 saturated carbocycles. The number of amides is 1. The molecule has 102 valence electrons. The van der Waals surface area contributed by atoms with Gasteiger partial charge >= 0.3 is 5.97 Å². The fourth-order valence-corrected chi connectivity index (χ4v) is 1.80. The summed E-state index contributed by atoms with van der Waals surface area (Å²) in [5.41, 5.74) is 3.12. The molecule has 0 aliphatic heterocycles. The van der Waals surface area contributed by atoms with Crippen LogP contribution in [-0.4, -0.2) is 31.8 Å². The Balaban J connectivity index is 2.66. The van der Waals surface area contributed by atoms with E-state index in [9.17, 15) is 9.59 Å². The lowest BCUT2D eigenvalue weighted by atomic mass is 10.2. The Labute approximate surface area is 124 Å². The first-order chi connectivity index (χ1) is 9.02. The van der Waals surface area contributed by atoms with Crippen LogP contribution in [0.1, 0.15) is 12.5 Å². The predicted octanol–water partition coefficient (Wildman–Crippen LogP) is 1.31. The highest BCUT2D eigenvalue weighted by Gasteiger charge is 2.05. The SMILES string of the molecule is COC(=O)COc1ccc(/C=N\NC(C)=O)cc1I. The van der Waals surface area contributed by atoms with Crippen LogP contribution in [-0.2, 0) is 14.3 Å². The van der Waals surface area contributed by atoms with Crippen LogP contribution in [0.25, 0.3) is 0 Å². The van der Waals surface area contributed by atoms with Gasteiger partial charge in [0.25, 0.3) is 0 Å². The normalized spacial score (nSPS) is 10.3. The first kappa shape index (κ1) is 15.4. The van der Waals surface area contributed by atoms with Gasteiger partial charge in [-0.15, -0.1) is 0 Å². The summed E-state index contributed by atoms with van der Waals surface area (Å²) in [5, 5.41) is 3.76. The predicted molar refractivity (Wildman–Crippen MR) is 78.1 cm³/mol. The van der Waals surface area contributed by atoms with Crippen LogP contribution in [0.15, 0.2) is 23.3 Å². The summed E-state index contributed by atoms with van der Waals surface area (Å²) in [6.07, 6.45) is 1.52. The fraction of sp³-hybridized carbons (Fsp3) is 0.250. The van der Waals surface area contributed by atoms with Gasteiger partial charge in [-0.1, -0.05) is 0 Å². The molecule has 1 amide bonds. The molecule has 0 radical (unpaired) electrons. The molecule has 0 aliphatic rings. The molecule has 19 heavy (non-hydrogen) atoms. The summed E-state index contributed by atoms with van der Waals surface area (Å²) < 4.78 is 10.6. The van der Waals surface area contributed by atoms with Gasteiger partial charge in [-0.3, -0.25) is 4.79 Å². The van der Waals surface area contributed by atoms with Crippen LogP contribution in [0.4, 0.5) is 0 Å². The Morgan fingerprint density at radius 3 is 2.79 bits per heavy atom. The maximum absolute atomic E-state index is 11.0. The Hall–Kier alpha value is -1.64. The molecule has 0 bridgehead atoms. The number of nitrogens with zero attached hydrogens (tertiary/aromatic N) is 1. The number of nitrogens with one attached hydrogen (secondary N) is 1. The van der Waals surface area contributed by atoms with Crippen molar-refractivity contribution in [2.75, 3.05) is 13.7 Å². The van der Waals surface area contributed by atoms with Crippen LogP contribution in [0, 0.1) is 3.57 Å². The third-order valence-corrected chi connectivity index (χ3v) is 2.81. The number of hydrogen-bond donors (Lipinski definition) is 1. The van der Waals surface area contributed by atoms with Crippen molar-refractivity contribution in [1.82, 2.24) is 5.43 Å². The molecule has 1 N–H and O–H groups in total. The van der Waals surface area contributed by atoms with Gasteiger partial charge in [0.15, 0.2) is 6.61 Å². The van der Waals surface area contributed by atoms with E-state index in [1.807, 2.05) is 6.07 Å².